The van der Waals surface area contributed by atoms with E-state index in [4.69, 9.17) is 0 Å². The highest BCUT2D eigenvalue weighted by atomic mass is 79.9. The molecule has 0 atom stereocenters. The maximum atomic E-state index is 13.3. The second-order valence-corrected chi connectivity index (χ2v) is 4.22. The second kappa shape index (κ2) is 4.66. The highest BCUT2D eigenvalue weighted by Crippen LogP contribution is 2.21. The van der Waals surface area contributed by atoms with Crippen LogP contribution < -0.4 is 0 Å². The number of hydrogen-bond acceptors (Lipinski definition) is 1. The summed E-state index contributed by atoms with van der Waals surface area (Å²) in [7, 11) is 0. The third-order valence-corrected chi connectivity index (χ3v) is 2.21. The number of ketones is 1. The van der Waals surface area contributed by atoms with E-state index in [2.05, 4.69) is 22.5 Å². The molecule has 0 aliphatic heterocycles. The molecule has 0 radical (unpaired) electrons. The summed E-state index contributed by atoms with van der Waals surface area (Å²) in [4.78, 5) is 11.5. The monoisotopic (exact) mass is 274 g/mol. The molecule has 80 valence electrons. The van der Waals surface area contributed by atoms with Gasteiger partial charge >= 0.3 is 0 Å². The van der Waals surface area contributed by atoms with Crippen LogP contribution in [0, 0.1) is 11.6 Å². The zero-order chi connectivity index (χ0) is 11.6. The van der Waals surface area contributed by atoms with Gasteiger partial charge in [-0.3, -0.25) is 4.79 Å². The first-order valence-corrected chi connectivity index (χ1v) is 5.03. The largest absolute Gasteiger partial charge is 0.294 e. The van der Waals surface area contributed by atoms with E-state index in [1.807, 2.05) is 0 Å². The van der Waals surface area contributed by atoms with Gasteiger partial charge in [-0.2, -0.15) is 0 Å². The normalized spacial score (nSPS) is 10.1. The summed E-state index contributed by atoms with van der Waals surface area (Å²) in [6.45, 7) is 5.15. The van der Waals surface area contributed by atoms with Gasteiger partial charge in [-0.25, -0.2) is 8.78 Å². The molecule has 0 bridgehead atoms. The van der Waals surface area contributed by atoms with E-state index >= 15 is 0 Å². The van der Waals surface area contributed by atoms with Crippen molar-refractivity contribution in [3.05, 3.63) is 46.0 Å². The highest BCUT2D eigenvalue weighted by molar-refractivity contribution is 9.10. The zero-order valence-corrected chi connectivity index (χ0v) is 9.70. The third kappa shape index (κ3) is 2.96. The Hall–Kier alpha value is -1.03. The molecule has 1 nitrogen and oxygen atoms in total. The van der Waals surface area contributed by atoms with Gasteiger partial charge in [-0.05, 0) is 19.1 Å². The summed E-state index contributed by atoms with van der Waals surface area (Å²) in [6, 6.07) is 2.13. The molecule has 0 spiro atoms. The van der Waals surface area contributed by atoms with Crippen molar-refractivity contribution < 1.29 is 13.6 Å². The molecule has 0 saturated heterocycles. The maximum absolute atomic E-state index is 13.3. The first-order valence-electron chi connectivity index (χ1n) is 4.24. The quantitative estimate of drug-likeness (QED) is 0.604. The van der Waals surface area contributed by atoms with Crippen LogP contribution in [0.25, 0.3) is 0 Å². The minimum atomic E-state index is -0.854. The molecule has 0 fully saturated rings. The molecule has 0 aliphatic carbocycles. The van der Waals surface area contributed by atoms with Crippen LogP contribution in [0.4, 0.5) is 8.78 Å². The summed E-state index contributed by atoms with van der Waals surface area (Å²) in [5.74, 6) is -2.30. The predicted molar refractivity (Wildman–Crippen MR) is 57.8 cm³/mol. The standard InChI is InChI=1S/C11H9BrF2O/c1-6(2)3-10(15)11-8(13)4-7(12)5-9(11)14/h4-5H,1,3H2,2H3. The zero-order valence-electron chi connectivity index (χ0n) is 8.11. The molecular weight excluding hydrogens is 266 g/mol. The molecule has 1 rings (SSSR count). The van der Waals surface area contributed by atoms with Gasteiger partial charge in [-0.15, -0.1) is 0 Å². The average molecular weight is 275 g/mol. The number of rotatable bonds is 3. The van der Waals surface area contributed by atoms with Gasteiger partial charge in [-0.1, -0.05) is 28.1 Å². The van der Waals surface area contributed by atoms with Gasteiger partial charge in [0.2, 0.25) is 0 Å². The van der Waals surface area contributed by atoms with E-state index in [1.54, 1.807) is 6.92 Å². The average Bonchev–Trinajstić information content (AvgIpc) is 1.99. The fraction of sp³-hybridized carbons (Fsp3) is 0.182. The lowest BCUT2D eigenvalue weighted by Crippen LogP contribution is -2.06. The number of halogens is 3. The maximum Gasteiger partial charge on any atom is 0.172 e. The smallest absolute Gasteiger partial charge is 0.172 e. The predicted octanol–water partition coefficient (Wildman–Crippen LogP) is 3.88. The van der Waals surface area contributed by atoms with Crippen molar-refractivity contribution in [1.29, 1.82) is 0 Å². The fourth-order valence-electron chi connectivity index (χ4n) is 1.17. The Labute approximate surface area is 94.9 Å². The van der Waals surface area contributed by atoms with Crippen LogP contribution in [-0.4, -0.2) is 5.78 Å². The molecule has 0 unspecified atom stereocenters. The van der Waals surface area contributed by atoms with E-state index in [9.17, 15) is 13.6 Å². The summed E-state index contributed by atoms with van der Waals surface area (Å²) < 4.78 is 26.9. The Kier molecular flexibility index (Phi) is 3.74. The first kappa shape index (κ1) is 12.0. The van der Waals surface area contributed by atoms with Gasteiger partial charge in [0, 0.05) is 10.9 Å². The van der Waals surface area contributed by atoms with Crippen molar-refractivity contribution in [3.8, 4) is 0 Å². The number of Topliss-reactive ketones (excluding diaryl/α,β-unsaturated/α-hetero) is 1. The molecule has 4 heteroatoms. The fourth-order valence-corrected chi connectivity index (χ4v) is 1.57. The van der Waals surface area contributed by atoms with Crippen molar-refractivity contribution in [3.63, 3.8) is 0 Å². The summed E-state index contributed by atoms with van der Waals surface area (Å²) in [6.07, 6.45) is -0.0462. The number of hydrogen-bond donors (Lipinski definition) is 0. The van der Waals surface area contributed by atoms with Crippen LogP contribution in [0.1, 0.15) is 23.7 Å². The van der Waals surface area contributed by atoms with E-state index in [-0.39, 0.29) is 10.9 Å². The van der Waals surface area contributed by atoms with Crippen molar-refractivity contribution in [1.82, 2.24) is 0 Å². The number of carbonyl (C=O) groups excluding carboxylic acids is 1. The van der Waals surface area contributed by atoms with Crippen LogP contribution in [0.5, 0.6) is 0 Å². The Bertz CT molecular complexity index is 404. The van der Waals surface area contributed by atoms with Crippen molar-refractivity contribution >= 4 is 21.7 Å². The van der Waals surface area contributed by atoms with E-state index in [1.165, 1.54) is 0 Å². The second-order valence-electron chi connectivity index (χ2n) is 3.30. The molecule has 0 N–H and O–H groups in total. The van der Waals surface area contributed by atoms with Crippen LogP contribution in [0.3, 0.4) is 0 Å². The molecule has 0 saturated carbocycles. The lowest BCUT2D eigenvalue weighted by molar-refractivity contribution is 0.0985. The molecular formula is C11H9BrF2O. The molecule has 0 aliphatic rings. The van der Waals surface area contributed by atoms with Crippen molar-refractivity contribution in [2.24, 2.45) is 0 Å². The topological polar surface area (TPSA) is 17.1 Å². The van der Waals surface area contributed by atoms with E-state index in [0.29, 0.717) is 5.57 Å². The van der Waals surface area contributed by atoms with Gasteiger partial charge in [0.05, 0.1) is 5.56 Å². The van der Waals surface area contributed by atoms with Gasteiger partial charge in [0.1, 0.15) is 11.6 Å². The third-order valence-electron chi connectivity index (χ3n) is 1.75. The van der Waals surface area contributed by atoms with Crippen LogP contribution in [0.15, 0.2) is 28.8 Å². The van der Waals surface area contributed by atoms with Gasteiger partial charge < -0.3 is 0 Å². The van der Waals surface area contributed by atoms with E-state index < -0.39 is 23.0 Å². The lowest BCUT2D eigenvalue weighted by atomic mass is 10.0. The minimum Gasteiger partial charge on any atom is -0.294 e. The first-order chi connectivity index (χ1) is 6.91. The van der Waals surface area contributed by atoms with Crippen molar-refractivity contribution in [2.75, 3.05) is 0 Å². The number of carbonyl (C=O) groups is 1. The van der Waals surface area contributed by atoms with Gasteiger partial charge in [0.15, 0.2) is 5.78 Å². The SMILES string of the molecule is C=C(C)CC(=O)c1c(F)cc(Br)cc1F. The molecule has 15 heavy (non-hydrogen) atoms. The minimum absolute atomic E-state index is 0.0462. The van der Waals surface area contributed by atoms with Crippen LogP contribution in [-0.2, 0) is 0 Å². The lowest BCUT2D eigenvalue weighted by Gasteiger charge is -2.04. The highest BCUT2D eigenvalue weighted by Gasteiger charge is 2.17. The molecule has 0 aromatic heterocycles. The summed E-state index contributed by atoms with van der Waals surface area (Å²) in [5, 5.41) is 0. The summed E-state index contributed by atoms with van der Waals surface area (Å²) in [5.41, 5.74) is 0.0721. The Morgan fingerprint density at radius 1 is 1.40 bits per heavy atom. The molecule has 1 aromatic rings. The Morgan fingerprint density at radius 3 is 2.27 bits per heavy atom. The number of allylic oxidation sites excluding steroid dienone is 1. The molecule has 1 aromatic carbocycles. The number of benzene rings is 1. The van der Waals surface area contributed by atoms with Crippen LogP contribution in [0.2, 0.25) is 0 Å². The molecule has 0 amide bonds. The van der Waals surface area contributed by atoms with E-state index in [0.717, 1.165) is 12.1 Å². The molecule has 0 heterocycles. The Morgan fingerprint density at radius 2 is 1.87 bits per heavy atom. The summed E-state index contributed by atoms with van der Waals surface area (Å²) >= 11 is 2.94. The Balaban J connectivity index is 3.14. The van der Waals surface area contributed by atoms with Crippen LogP contribution >= 0.6 is 15.9 Å². The van der Waals surface area contributed by atoms with Crippen molar-refractivity contribution in [2.45, 2.75) is 13.3 Å². The van der Waals surface area contributed by atoms with Gasteiger partial charge in [0.25, 0.3) is 0 Å².